The van der Waals surface area contributed by atoms with Gasteiger partial charge in [-0.15, -0.1) is 0 Å². The predicted octanol–water partition coefficient (Wildman–Crippen LogP) is 1.91. The number of rotatable bonds is 8. The van der Waals surface area contributed by atoms with Crippen LogP contribution in [0.1, 0.15) is 40.0 Å². The Kier molecular flexibility index (Phi) is 13.9. The molecule has 21 heavy (non-hydrogen) atoms. The molecule has 1 saturated heterocycles. The van der Waals surface area contributed by atoms with Gasteiger partial charge in [-0.05, 0) is 18.8 Å². The van der Waals surface area contributed by atoms with E-state index in [1.807, 2.05) is 6.92 Å². The fourth-order valence-corrected chi connectivity index (χ4v) is 1.89. The van der Waals surface area contributed by atoms with Crippen LogP contribution < -0.4 is 5.32 Å². The monoisotopic (exact) mass is 302 g/mol. The first-order chi connectivity index (χ1) is 10.1. The van der Waals surface area contributed by atoms with Crippen LogP contribution in [-0.2, 0) is 14.3 Å². The molecule has 0 radical (unpaired) electrons. The fraction of sp³-hybridized carbons (Fsp3) is 0.938. The molecular formula is C16H34N2O3. The third-order valence-electron chi connectivity index (χ3n) is 3.33. The minimum Gasteiger partial charge on any atom is -0.380 e. The van der Waals surface area contributed by atoms with Crippen molar-refractivity contribution in [2.24, 2.45) is 5.92 Å². The number of ether oxygens (including phenoxy) is 2. The Labute approximate surface area is 130 Å². The zero-order chi connectivity index (χ0) is 15.9. The van der Waals surface area contributed by atoms with Gasteiger partial charge in [0.25, 0.3) is 0 Å². The van der Waals surface area contributed by atoms with Crippen molar-refractivity contribution in [2.45, 2.75) is 40.0 Å². The second-order valence-corrected chi connectivity index (χ2v) is 5.63. The van der Waals surface area contributed by atoms with Gasteiger partial charge in [0.2, 0.25) is 5.91 Å². The van der Waals surface area contributed by atoms with Gasteiger partial charge in [-0.25, -0.2) is 0 Å². The second-order valence-electron chi connectivity index (χ2n) is 5.63. The summed E-state index contributed by atoms with van der Waals surface area (Å²) in [6, 6.07) is 0. The number of carbonyl (C=O) groups is 1. The predicted molar refractivity (Wildman–Crippen MR) is 86.5 cm³/mol. The first-order valence-corrected chi connectivity index (χ1v) is 8.18. The zero-order valence-electron chi connectivity index (χ0n) is 14.3. The highest BCUT2D eigenvalue weighted by molar-refractivity contribution is 5.74. The van der Waals surface area contributed by atoms with E-state index in [1.54, 1.807) is 7.05 Å². The lowest BCUT2D eigenvalue weighted by molar-refractivity contribution is -0.120. The van der Waals surface area contributed by atoms with Crippen LogP contribution in [0.3, 0.4) is 0 Å². The van der Waals surface area contributed by atoms with E-state index in [1.165, 1.54) is 12.8 Å². The van der Waals surface area contributed by atoms with Crippen molar-refractivity contribution in [1.29, 1.82) is 0 Å². The van der Waals surface area contributed by atoms with Gasteiger partial charge in [0.1, 0.15) is 0 Å². The van der Waals surface area contributed by atoms with Crippen molar-refractivity contribution in [3.05, 3.63) is 0 Å². The number of hydrogen-bond acceptors (Lipinski definition) is 4. The minimum atomic E-state index is 0.0926. The Morgan fingerprint density at radius 3 is 2.43 bits per heavy atom. The Bertz CT molecular complexity index is 236. The maximum Gasteiger partial charge on any atom is 0.219 e. The molecule has 1 fully saturated rings. The summed E-state index contributed by atoms with van der Waals surface area (Å²) in [4.78, 5) is 12.5. The number of nitrogens with zero attached hydrogens (tertiary/aromatic N) is 1. The first-order valence-electron chi connectivity index (χ1n) is 8.18. The maximum absolute atomic E-state index is 10.1. The van der Waals surface area contributed by atoms with Crippen LogP contribution in [0, 0.1) is 5.92 Å². The average Bonchev–Trinajstić information content (AvgIpc) is 2.51. The summed E-state index contributed by atoms with van der Waals surface area (Å²) in [5.41, 5.74) is 0. The van der Waals surface area contributed by atoms with Gasteiger partial charge < -0.3 is 14.8 Å². The van der Waals surface area contributed by atoms with E-state index in [0.29, 0.717) is 6.42 Å². The molecule has 1 amide bonds. The molecular weight excluding hydrogens is 268 g/mol. The lowest BCUT2D eigenvalue weighted by Gasteiger charge is -2.26. The molecule has 0 aromatic rings. The number of morpholine rings is 1. The van der Waals surface area contributed by atoms with Crippen LogP contribution >= 0.6 is 0 Å². The smallest absolute Gasteiger partial charge is 0.219 e. The van der Waals surface area contributed by atoms with Gasteiger partial charge in [-0.3, -0.25) is 9.69 Å². The molecule has 0 unspecified atom stereocenters. The molecule has 5 heteroatoms. The van der Waals surface area contributed by atoms with Crippen LogP contribution in [-0.4, -0.2) is 63.9 Å². The summed E-state index contributed by atoms with van der Waals surface area (Å²) in [5, 5.41) is 2.48. The maximum atomic E-state index is 10.1. The molecule has 0 spiro atoms. The Morgan fingerprint density at radius 2 is 1.95 bits per heavy atom. The molecule has 5 nitrogen and oxygen atoms in total. The van der Waals surface area contributed by atoms with Crippen LogP contribution in [0.2, 0.25) is 0 Å². The Hall–Kier alpha value is -0.650. The van der Waals surface area contributed by atoms with Crippen LogP contribution in [0.25, 0.3) is 0 Å². The Morgan fingerprint density at radius 1 is 1.29 bits per heavy atom. The van der Waals surface area contributed by atoms with Crippen molar-refractivity contribution in [2.75, 3.05) is 53.1 Å². The van der Waals surface area contributed by atoms with Gasteiger partial charge >= 0.3 is 0 Å². The van der Waals surface area contributed by atoms with E-state index in [4.69, 9.17) is 9.47 Å². The topological polar surface area (TPSA) is 50.8 Å². The highest BCUT2D eigenvalue weighted by atomic mass is 16.5. The minimum absolute atomic E-state index is 0.0926. The van der Waals surface area contributed by atoms with E-state index in [0.717, 1.165) is 52.0 Å². The summed E-state index contributed by atoms with van der Waals surface area (Å²) >= 11 is 0. The van der Waals surface area contributed by atoms with Crippen LogP contribution in [0.15, 0.2) is 0 Å². The molecule has 126 valence electrons. The van der Waals surface area contributed by atoms with Crippen molar-refractivity contribution in [3.8, 4) is 0 Å². The summed E-state index contributed by atoms with van der Waals surface area (Å²) in [6.45, 7) is 13.1. The molecule has 0 atom stereocenters. The normalized spacial score (nSPS) is 15.5. The van der Waals surface area contributed by atoms with E-state index in [-0.39, 0.29) is 5.91 Å². The summed E-state index contributed by atoms with van der Waals surface area (Å²) in [6.07, 6.45) is 3.05. The molecule has 1 heterocycles. The first kappa shape index (κ1) is 20.3. The zero-order valence-corrected chi connectivity index (χ0v) is 14.3. The van der Waals surface area contributed by atoms with Crippen molar-refractivity contribution in [3.63, 3.8) is 0 Å². The summed E-state index contributed by atoms with van der Waals surface area (Å²) in [7, 11) is 1.63. The molecule has 0 bridgehead atoms. The third-order valence-corrected chi connectivity index (χ3v) is 3.33. The standard InChI is InChI=1S/C12H25NO2.C4H9NO/c1-12(2)4-3-8-14-9-5-13-6-10-15-11-7-13;1-3-4(6)5-2/h12H,3-11H2,1-2H3;3H2,1-2H3,(H,5,6). The molecule has 1 aliphatic rings. The number of carbonyl (C=O) groups excluding carboxylic acids is 1. The van der Waals surface area contributed by atoms with Gasteiger partial charge in [-0.1, -0.05) is 20.8 Å². The van der Waals surface area contributed by atoms with Crippen molar-refractivity contribution < 1.29 is 14.3 Å². The molecule has 1 aliphatic heterocycles. The Balaban J connectivity index is 0.000000567. The second kappa shape index (κ2) is 14.3. The number of hydrogen-bond donors (Lipinski definition) is 1. The fourth-order valence-electron chi connectivity index (χ4n) is 1.89. The summed E-state index contributed by atoms with van der Waals surface area (Å²) < 4.78 is 10.9. The van der Waals surface area contributed by atoms with E-state index in [9.17, 15) is 4.79 Å². The molecule has 1 N–H and O–H groups in total. The van der Waals surface area contributed by atoms with Crippen molar-refractivity contribution >= 4 is 5.91 Å². The van der Waals surface area contributed by atoms with Gasteiger partial charge in [0.15, 0.2) is 0 Å². The molecule has 0 aliphatic carbocycles. The van der Waals surface area contributed by atoms with Gasteiger partial charge in [0.05, 0.1) is 19.8 Å². The SMILES string of the molecule is CC(C)CCCOCCN1CCOCC1.CCC(=O)NC. The highest BCUT2D eigenvalue weighted by Crippen LogP contribution is 2.03. The van der Waals surface area contributed by atoms with Crippen LogP contribution in [0.4, 0.5) is 0 Å². The quantitative estimate of drug-likeness (QED) is 0.696. The highest BCUT2D eigenvalue weighted by Gasteiger charge is 2.08. The van der Waals surface area contributed by atoms with E-state index in [2.05, 4.69) is 24.1 Å². The average molecular weight is 302 g/mol. The van der Waals surface area contributed by atoms with E-state index < -0.39 is 0 Å². The molecule has 0 aromatic heterocycles. The lowest BCUT2D eigenvalue weighted by atomic mass is 10.1. The number of nitrogens with one attached hydrogen (secondary N) is 1. The summed E-state index contributed by atoms with van der Waals surface area (Å²) in [5.74, 6) is 0.892. The van der Waals surface area contributed by atoms with Crippen molar-refractivity contribution in [1.82, 2.24) is 10.2 Å². The lowest BCUT2D eigenvalue weighted by Crippen LogP contribution is -2.38. The molecule has 0 aromatic carbocycles. The van der Waals surface area contributed by atoms with Gasteiger partial charge in [0, 0.05) is 39.7 Å². The van der Waals surface area contributed by atoms with Crippen LogP contribution in [0.5, 0.6) is 0 Å². The molecule has 1 rings (SSSR count). The van der Waals surface area contributed by atoms with Gasteiger partial charge in [-0.2, -0.15) is 0 Å². The number of amides is 1. The third kappa shape index (κ3) is 14.1. The van der Waals surface area contributed by atoms with E-state index >= 15 is 0 Å². The largest absolute Gasteiger partial charge is 0.380 e. The molecule has 0 saturated carbocycles.